The first-order valence-electron chi connectivity index (χ1n) is 8.03. The zero-order chi connectivity index (χ0) is 19.1. The molecule has 0 radical (unpaired) electrons. The predicted octanol–water partition coefficient (Wildman–Crippen LogP) is 4.57. The molecule has 7 heteroatoms. The van der Waals surface area contributed by atoms with E-state index in [9.17, 15) is 9.90 Å². The molecule has 140 valence electrons. The van der Waals surface area contributed by atoms with Crippen LogP contribution in [0, 0.1) is 0 Å². The van der Waals surface area contributed by atoms with Gasteiger partial charge in [-0.3, -0.25) is 4.79 Å². The Labute approximate surface area is 162 Å². The largest absolute Gasteiger partial charge is 0.496 e. The maximum Gasteiger partial charge on any atom is 0.308 e. The van der Waals surface area contributed by atoms with E-state index in [1.165, 1.54) is 7.11 Å². The fourth-order valence-electron chi connectivity index (χ4n) is 2.34. The SMILES string of the molecule is CCOC(=O)C[C@@H](O)c1ccc(OCc2ccc(Cl)c(Cl)c2)cc1OC. The van der Waals surface area contributed by atoms with Crippen molar-refractivity contribution in [2.45, 2.75) is 26.1 Å². The Morgan fingerprint density at radius 3 is 2.58 bits per heavy atom. The van der Waals surface area contributed by atoms with E-state index < -0.39 is 12.1 Å². The van der Waals surface area contributed by atoms with E-state index in [0.29, 0.717) is 33.7 Å². The third kappa shape index (κ3) is 5.53. The van der Waals surface area contributed by atoms with Crippen molar-refractivity contribution >= 4 is 29.2 Å². The summed E-state index contributed by atoms with van der Waals surface area (Å²) in [6.07, 6.45) is -1.17. The van der Waals surface area contributed by atoms with Gasteiger partial charge in [-0.2, -0.15) is 0 Å². The highest BCUT2D eigenvalue weighted by Gasteiger charge is 2.18. The Morgan fingerprint density at radius 2 is 1.92 bits per heavy atom. The van der Waals surface area contributed by atoms with E-state index in [1.807, 2.05) is 6.07 Å². The normalized spacial score (nSPS) is 11.7. The molecule has 0 aliphatic heterocycles. The standard InChI is InChI=1S/C19H20Cl2O5/c1-3-25-19(23)10-17(22)14-6-5-13(9-18(14)24-2)26-11-12-4-7-15(20)16(21)8-12/h4-9,17,22H,3,10-11H2,1-2H3/t17-/m1/s1. The lowest BCUT2D eigenvalue weighted by molar-refractivity contribution is -0.145. The Kier molecular flexibility index (Phi) is 7.57. The number of aliphatic hydroxyl groups excluding tert-OH is 1. The van der Waals surface area contributed by atoms with Crippen LogP contribution in [-0.4, -0.2) is 24.8 Å². The average molecular weight is 399 g/mol. The monoisotopic (exact) mass is 398 g/mol. The van der Waals surface area contributed by atoms with Gasteiger partial charge in [-0.05, 0) is 36.8 Å². The van der Waals surface area contributed by atoms with Crippen molar-refractivity contribution in [1.29, 1.82) is 0 Å². The number of hydrogen-bond acceptors (Lipinski definition) is 5. The zero-order valence-corrected chi connectivity index (χ0v) is 16.0. The molecule has 0 aliphatic rings. The number of carbonyl (C=O) groups excluding carboxylic acids is 1. The van der Waals surface area contributed by atoms with Crippen molar-refractivity contribution < 1.29 is 24.1 Å². The van der Waals surface area contributed by atoms with Gasteiger partial charge in [-0.1, -0.05) is 29.3 Å². The summed E-state index contributed by atoms with van der Waals surface area (Å²) < 4.78 is 15.9. The Bertz CT molecular complexity index is 764. The van der Waals surface area contributed by atoms with Gasteiger partial charge in [0.25, 0.3) is 0 Å². The molecule has 2 rings (SSSR count). The van der Waals surface area contributed by atoms with Crippen LogP contribution in [0.15, 0.2) is 36.4 Å². The number of halogens is 2. The first-order chi connectivity index (χ1) is 12.4. The van der Waals surface area contributed by atoms with Gasteiger partial charge >= 0.3 is 5.97 Å². The summed E-state index contributed by atoms with van der Waals surface area (Å²) in [7, 11) is 1.48. The van der Waals surface area contributed by atoms with Crippen LogP contribution < -0.4 is 9.47 Å². The van der Waals surface area contributed by atoms with Gasteiger partial charge in [0.15, 0.2) is 0 Å². The maximum absolute atomic E-state index is 11.5. The Morgan fingerprint density at radius 1 is 1.15 bits per heavy atom. The van der Waals surface area contributed by atoms with E-state index in [2.05, 4.69) is 0 Å². The molecule has 0 saturated heterocycles. The summed E-state index contributed by atoms with van der Waals surface area (Å²) in [4.78, 5) is 11.5. The van der Waals surface area contributed by atoms with Gasteiger partial charge in [0.1, 0.15) is 18.1 Å². The van der Waals surface area contributed by atoms with Gasteiger partial charge in [-0.15, -0.1) is 0 Å². The molecule has 26 heavy (non-hydrogen) atoms. The van der Waals surface area contributed by atoms with Crippen molar-refractivity contribution in [3.8, 4) is 11.5 Å². The number of ether oxygens (including phenoxy) is 3. The first kappa shape index (κ1) is 20.4. The molecule has 5 nitrogen and oxygen atoms in total. The molecule has 1 N–H and O–H groups in total. The minimum atomic E-state index is -1.02. The van der Waals surface area contributed by atoms with Gasteiger partial charge in [0.2, 0.25) is 0 Å². The summed E-state index contributed by atoms with van der Waals surface area (Å²) in [5.74, 6) is 0.510. The smallest absolute Gasteiger partial charge is 0.308 e. The highest BCUT2D eigenvalue weighted by molar-refractivity contribution is 6.42. The van der Waals surface area contributed by atoms with Crippen LogP contribution >= 0.6 is 23.2 Å². The second-order valence-electron chi connectivity index (χ2n) is 5.47. The summed E-state index contributed by atoms with van der Waals surface area (Å²) in [5, 5.41) is 11.2. The molecular formula is C19H20Cl2O5. The Balaban J connectivity index is 2.07. The van der Waals surface area contributed by atoms with Crippen molar-refractivity contribution in [2.75, 3.05) is 13.7 Å². The third-order valence-electron chi connectivity index (χ3n) is 3.62. The number of methoxy groups -OCH3 is 1. The lowest BCUT2D eigenvalue weighted by atomic mass is 10.1. The number of esters is 1. The molecular weight excluding hydrogens is 379 g/mol. The van der Waals surface area contributed by atoms with Crippen LogP contribution in [-0.2, 0) is 16.1 Å². The molecule has 0 bridgehead atoms. The fourth-order valence-corrected chi connectivity index (χ4v) is 2.66. The lowest BCUT2D eigenvalue weighted by Gasteiger charge is -2.16. The highest BCUT2D eigenvalue weighted by atomic mass is 35.5. The summed E-state index contributed by atoms with van der Waals surface area (Å²) >= 11 is 11.9. The van der Waals surface area contributed by atoms with E-state index in [1.54, 1.807) is 37.3 Å². The van der Waals surface area contributed by atoms with Crippen molar-refractivity contribution in [1.82, 2.24) is 0 Å². The number of aliphatic hydroxyl groups is 1. The van der Waals surface area contributed by atoms with E-state index in [0.717, 1.165) is 5.56 Å². The van der Waals surface area contributed by atoms with Gasteiger partial charge in [0.05, 0.1) is 36.3 Å². The van der Waals surface area contributed by atoms with E-state index in [-0.39, 0.29) is 13.0 Å². The highest BCUT2D eigenvalue weighted by Crippen LogP contribution is 2.32. The fraction of sp³-hybridized carbons (Fsp3) is 0.316. The van der Waals surface area contributed by atoms with Gasteiger partial charge in [0, 0.05) is 11.6 Å². The molecule has 1 atom stereocenters. The van der Waals surface area contributed by atoms with Crippen molar-refractivity contribution in [3.05, 3.63) is 57.6 Å². The number of benzene rings is 2. The molecule has 0 aliphatic carbocycles. The molecule has 0 aromatic heterocycles. The molecule has 0 fully saturated rings. The maximum atomic E-state index is 11.5. The molecule has 0 unspecified atom stereocenters. The molecule has 2 aromatic carbocycles. The van der Waals surface area contributed by atoms with E-state index in [4.69, 9.17) is 37.4 Å². The van der Waals surface area contributed by atoms with Crippen LogP contribution in [0.4, 0.5) is 0 Å². The molecule has 0 saturated carbocycles. The summed E-state index contributed by atoms with van der Waals surface area (Å²) in [5.41, 5.74) is 1.35. The molecule has 0 heterocycles. The topological polar surface area (TPSA) is 65.0 Å². The van der Waals surface area contributed by atoms with Crippen LogP contribution in [0.1, 0.15) is 30.6 Å². The van der Waals surface area contributed by atoms with E-state index >= 15 is 0 Å². The van der Waals surface area contributed by atoms with Crippen LogP contribution in [0.5, 0.6) is 11.5 Å². The number of carbonyl (C=O) groups is 1. The molecule has 0 spiro atoms. The molecule has 0 amide bonds. The Hall–Kier alpha value is -1.95. The molecule has 2 aromatic rings. The van der Waals surface area contributed by atoms with Crippen molar-refractivity contribution in [3.63, 3.8) is 0 Å². The predicted molar refractivity (Wildman–Crippen MR) is 100.0 cm³/mol. The van der Waals surface area contributed by atoms with Crippen LogP contribution in [0.3, 0.4) is 0 Å². The average Bonchev–Trinajstić information content (AvgIpc) is 2.62. The summed E-state index contributed by atoms with van der Waals surface area (Å²) in [6.45, 7) is 2.28. The number of rotatable bonds is 8. The first-order valence-corrected chi connectivity index (χ1v) is 8.78. The van der Waals surface area contributed by atoms with Crippen LogP contribution in [0.2, 0.25) is 10.0 Å². The third-order valence-corrected chi connectivity index (χ3v) is 4.36. The quantitative estimate of drug-likeness (QED) is 0.659. The van der Waals surface area contributed by atoms with Crippen LogP contribution in [0.25, 0.3) is 0 Å². The minimum absolute atomic E-state index is 0.145. The van der Waals surface area contributed by atoms with Gasteiger partial charge in [-0.25, -0.2) is 0 Å². The van der Waals surface area contributed by atoms with Crippen molar-refractivity contribution in [2.24, 2.45) is 0 Å². The summed E-state index contributed by atoms with van der Waals surface area (Å²) in [6, 6.07) is 10.3. The zero-order valence-electron chi connectivity index (χ0n) is 14.5. The second-order valence-corrected chi connectivity index (χ2v) is 6.28. The minimum Gasteiger partial charge on any atom is -0.496 e. The van der Waals surface area contributed by atoms with Gasteiger partial charge < -0.3 is 19.3 Å². The second kappa shape index (κ2) is 9.67. The lowest BCUT2D eigenvalue weighted by Crippen LogP contribution is -2.11. The number of hydrogen-bond donors (Lipinski definition) is 1.